The molecule has 2 N–H and O–H groups in total. The summed E-state index contributed by atoms with van der Waals surface area (Å²) in [5.41, 5.74) is 5.05. The molecule has 0 aromatic carbocycles. The summed E-state index contributed by atoms with van der Waals surface area (Å²) in [5.74, 6) is -0.220. The zero-order valence-corrected chi connectivity index (χ0v) is 11.4. The fourth-order valence-electron chi connectivity index (χ4n) is 2.13. The van der Waals surface area contributed by atoms with Crippen LogP contribution >= 0.6 is 0 Å². The minimum Gasteiger partial charge on any atom is -0.428 e. The number of carbonyl (C=O) groups is 2. The van der Waals surface area contributed by atoms with E-state index in [2.05, 4.69) is 4.74 Å². The summed E-state index contributed by atoms with van der Waals surface area (Å²) in [6, 6.07) is -0.736. The van der Waals surface area contributed by atoms with Crippen LogP contribution in [0.25, 0.3) is 0 Å². The lowest BCUT2D eigenvalue weighted by atomic mass is 9.99. The van der Waals surface area contributed by atoms with E-state index in [9.17, 15) is 9.59 Å². The number of hydrogen-bond acceptors (Lipinski definition) is 5. The zero-order chi connectivity index (χ0) is 13.8. The van der Waals surface area contributed by atoms with Gasteiger partial charge in [-0.1, -0.05) is 25.7 Å². The van der Waals surface area contributed by atoms with Crippen molar-refractivity contribution in [1.29, 1.82) is 0 Å². The van der Waals surface area contributed by atoms with E-state index >= 15 is 0 Å². The molecule has 0 unspecified atom stereocenters. The van der Waals surface area contributed by atoms with Gasteiger partial charge in [0.25, 0.3) is 0 Å². The van der Waals surface area contributed by atoms with Gasteiger partial charge in [-0.15, -0.1) is 0 Å². The minimum absolute atomic E-state index is 0.478. The number of nitrogens with two attached hydrogens (primary N) is 1. The van der Waals surface area contributed by atoms with E-state index in [4.69, 9.17) is 10.5 Å². The Bertz CT molecular complexity index is 303. The van der Waals surface area contributed by atoms with Crippen molar-refractivity contribution in [2.45, 2.75) is 64.5 Å². The summed E-state index contributed by atoms with van der Waals surface area (Å²) in [6.45, 7) is 5.12. The van der Waals surface area contributed by atoms with Crippen LogP contribution in [-0.4, -0.2) is 23.8 Å². The van der Waals surface area contributed by atoms with Crippen molar-refractivity contribution < 1.29 is 19.1 Å². The van der Waals surface area contributed by atoms with Crippen LogP contribution in [0.4, 0.5) is 4.79 Å². The van der Waals surface area contributed by atoms with E-state index in [1.165, 1.54) is 12.8 Å². The molecule has 1 atom stereocenters. The number of carbonyl (C=O) groups excluding carboxylic acids is 2. The van der Waals surface area contributed by atoms with Crippen LogP contribution < -0.4 is 5.73 Å². The Morgan fingerprint density at radius 1 is 1.28 bits per heavy atom. The molecule has 104 valence electrons. The van der Waals surface area contributed by atoms with E-state index in [-0.39, 0.29) is 0 Å². The van der Waals surface area contributed by atoms with Crippen LogP contribution in [0.2, 0.25) is 0 Å². The monoisotopic (exact) mass is 257 g/mol. The molecule has 1 aliphatic rings. The van der Waals surface area contributed by atoms with E-state index in [1.807, 2.05) is 0 Å². The van der Waals surface area contributed by atoms with Crippen LogP contribution in [0, 0.1) is 5.92 Å². The number of hydrogen-bond donors (Lipinski definition) is 1. The van der Waals surface area contributed by atoms with Crippen molar-refractivity contribution in [3.8, 4) is 0 Å². The highest BCUT2D eigenvalue weighted by molar-refractivity contribution is 5.85. The molecule has 0 amide bonds. The molecular formula is C13H23NO4. The van der Waals surface area contributed by atoms with Gasteiger partial charge in [-0.2, -0.15) is 0 Å². The Labute approximate surface area is 108 Å². The molecule has 1 saturated carbocycles. The highest BCUT2D eigenvalue weighted by Crippen LogP contribution is 2.28. The van der Waals surface area contributed by atoms with Gasteiger partial charge in [0.15, 0.2) is 0 Å². The Balaban J connectivity index is 2.32. The third-order valence-corrected chi connectivity index (χ3v) is 2.94. The molecule has 5 nitrogen and oxygen atoms in total. The van der Waals surface area contributed by atoms with Crippen LogP contribution in [-0.2, 0) is 14.3 Å². The minimum atomic E-state index is -0.977. The Hall–Kier alpha value is -1.10. The van der Waals surface area contributed by atoms with Gasteiger partial charge in [0, 0.05) is 0 Å². The summed E-state index contributed by atoms with van der Waals surface area (Å²) in [4.78, 5) is 22.9. The van der Waals surface area contributed by atoms with Gasteiger partial charge in [-0.25, -0.2) is 9.59 Å². The molecule has 1 fully saturated rings. The molecule has 0 radical (unpaired) electrons. The smallest absolute Gasteiger partial charge is 0.428 e. The van der Waals surface area contributed by atoms with Gasteiger partial charge in [-0.05, 0) is 33.1 Å². The topological polar surface area (TPSA) is 78.6 Å². The summed E-state index contributed by atoms with van der Waals surface area (Å²) in [7, 11) is 0. The van der Waals surface area contributed by atoms with Crippen molar-refractivity contribution in [1.82, 2.24) is 0 Å². The Morgan fingerprint density at radius 3 is 2.33 bits per heavy atom. The first-order chi connectivity index (χ1) is 8.28. The number of ether oxygens (including phenoxy) is 2. The van der Waals surface area contributed by atoms with E-state index < -0.39 is 23.8 Å². The average molecular weight is 257 g/mol. The van der Waals surface area contributed by atoms with Gasteiger partial charge in [0.05, 0.1) is 0 Å². The average Bonchev–Trinajstić information content (AvgIpc) is 2.66. The van der Waals surface area contributed by atoms with Crippen molar-refractivity contribution in [3.63, 3.8) is 0 Å². The first kappa shape index (κ1) is 15.0. The lowest BCUT2D eigenvalue weighted by molar-refractivity contribution is -0.143. The fraction of sp³-hybridized carbons (Fsp3) is 0.846. The third kappa shape index (κ3) is 5.49. The second kappa shape index (κ2) is 6.18. The van der Waals surface area contributed by atoms with Crippen LogP contribution in [0.5, 0.6) is 0 Å². The molecule has 5 heteroatoms. The normalized spacial score (nSPS) is 18.4. The predicted octanol–water partition coefficient (Wildman–Crippen LogP) is 2.37. The molecule has 18 heavy (non-hydrogen) atoms. The van der Waals surface area contributed by atoms with Crippen molar-refractivity contribution in [2.24, 2.45) is 11.7 Å². The maximum absolute atomic E-state index is 11.6. The zero-order valence-electron chi connectivity index (χ0n) is 11.4. The first-order valence-electron chi connectivity index (χ1n) is 6.48. The SMILES string of the molecule is CC(C)(C)OC(=O)OC(=O)[C@@H](N)CC1CCCC1. The Morgan fingerprint density at radius 2 is 1.83 bits per heavy atom. The molecule has 0 aliphatic heterocycles. The standard InChI is InChI=1S/C13H23NO4/c1-13(2,3)18-12(16)17-11(15)10(14)8-9-6-4-5-7-9/h9-10H,4-8,14H2,1-3H3/t10-/m0/s1. The largest absolute Gasteiger partial charge is 0.516 e. The highest BCUT2D eigenvalue weighted by Gasteiger charge is 2.27. The van der Waals surface area contributed by atoms with Gasteiger partial charge < -0.3 is 15.2 Å². The van der Waals surface area contributed by atoms with Crippen molar-refractivity contribution in [3.05, 3.63) is 0 Å². The molecular weight excluding hydrogens is 234 g/mol. The summed E-state index contributed by atoms with van der Waals surface area (Å²) >= 11 is 0. The second-order valence-corrected chi connectivity index (χ2v) is 5.88. The van der Waals surface area contributed by atoms with Gasteiger partial charge in [-0.3, -0.25) is 0 Å². The lowest BCUT2D eigenvalue weighted by Crippen LogP contribution is -2.36. The van der Waals surface area contributed by atoms with Gasteiger partial charge in [0.2, 0.25) is 0 Å². The maximum Gasteiger partial charge on any atom is 0.516 e. The number of esters is 1. The number of rotatable bonds is 3. The highest BCUT2D eigenvalue weighted by atomic mass is 16.7. The van der Waals surface area contributed by atoms with Gasteiger partial charge >= 0.3 is 12.1 Å². The molecule has 1 aliphatic carbocycles. The van der Waals surface area contributed by atoms with E-state index in [0.717, 1.165) is 12.8 Å². The van der Waals surface area contributed by atoms with E-state index in [1.54, 1.807) is 20.8 Å². The molecule has 0 bridgehead atoms. The quantitative estimate of drug-likeness (QED) is 0.620. The van der Waals surface area contributed by atoms with Crippen LogP contribution in [0.3, 0.4) is 0 Å². The van der Waals surface area contributed by atoms with Gasteiger partial charge in [0.1, 0.15) is 11.6 Å². The predicted molar refractivity (Wildman–Crippen MR) is 66.9 cm³/mol. The third-order valence-electron chi connectivity index (χ3n) is 2.94. The molecule has 0 saturated heterocycles. The molecule has 0 aromatic rings. The van der Waals surface area contributed by atoms with Crippen LogP contribution in [0.15, 0.2) is 0 Å². The summed E-state index contributed by atoms with van der Waals surface area (Å²) < 4.78 is 9.46. The molecule has 0 spiro atoms. The summed E-state index contributed by atoms with van der Waals surface area (Å²) in [6.07, 6.45) is 4.20. The molecule has 0 aromatic heterocycles. The second-order valence-electron chi connectivity index (χ2n) is 5.88. The molecule has 1 rings (SSSR count). The Kier molecular flexibility index (Phi) is 5.14. The maximum atomic E-state index is 11.6. The van der Waals surface area contributed by atoms with Crippen LogP contribution in [0.1, 0.15) is 52.9 Å². The van der Waals surface area contributed by atoms with Crippen molar-refractivity contribution >= 4 is 12.1 Å². The first-order valence-corrected chi connectivity index (χ1v) is 6.48. The van der Waals surface area contributed by atoms with Crippen molar-refractivity contribution in [2.75, 3.05) is 0 Å². The van der Waals surface area contributed by atoms with E-state index in [0.29, 0.717) is 12.3 Å². The lowest BCUT2D eigenvalue weighted by Gasteiger charge is -2.19. The fourth-order valence-corrected chi connectivity index (χ4v) is 2.13. The summed E-state index contributed by atoms with van der Waals surface area (Å²) in [5, 5.41) is 0. The molecule has 0 heterocycles.